The molecule has 9 heteroatoms. The molecule has 5 aromatic rings. The molecule has 0 bridgehead atoms. The molecule has 0 radical (unpaired) electrons. The SMILES string of the molecule is FC(F)n1c(CSc2nnc(-c3ccccc3Cl)n2Cc2ccccc2)nc2ccccc21. The molecule has 5 rings (SSSR count). The fraction of sp³-hybridized carbons (Fsp3) is 0.125. The molecule has 2 aromatic heterocycles. The third kappa shape index (κ3) is 4.36. The van der Waals surface area contributed by atoms with Crippen LogP contribution < -0.4 is 0 Å². The lowest BCUT2D eigenvalue weighted by atomic mass is 10.2. The lowest BCUT2D eigenvalue weighted by molar-refractivity contribution is 0.0722. The fourth-order valence-electron chi connectivity index (χ4n) is 3.69. The second kappa shape index (κ2) is 9.33. The highest BCUT2D eigenvalue weighted by atomic mass is 35.5. The van der Waals surface area contributed by atoms with Gasteiger partial charge in [-0.2, -0.15) is 8.78 Å². The van der Waals surface area contributed by atoms with E-state index >= 15 is 0 Å². The summed E-state index contributed by atoms with van der Waals surface area (Å²) in [4.78, 5) is 4.43. The van der Waals surface area contributed by atoms with Gasteiger partial charge < -0.3 is 0 Å². The van der Waals surface area contributed by atoms with Gasteiger partial charge in [0.15, 0.2) is 11.0 Å². The Labute approximate surface area is 198 Å². The van der Waals surface area contributed by atoms with Crippen LogP contribution in [0.1, 0.15) is 17.9 Å². The van der Waals surface area contributed by atoms with Crippen molar-refractivity contribution in [2.75, 3.05) is 0 Å². The molecule has 0 atom stereocenters. The van der Waals surface area contributed by atoms with E-state index in [0.29, 0.717) is 33.6 Å². The predicted octanol–water partition coefficient (Wildman–Crippen LogP) is 6.68. The summed E-state index contributed by atoms with van der Waals surface area (Å²) in [5.74, 6) is 1.12. The molecule has 0 saturated heterocycles. The van der Waals surface area contributed by atoms with Crippen LogP contribution in [0.2, 0.25) is 5.02 Å². The van der Waals surface area contributed by atoms with E-state index in [1.165, 1.54) is 11.8 Å². The predicted molar refractivity (Wildman–Crippen MR) is 127 cm³/mol. The van der Waals surface area contributed by atoms with Gasteiger partial charge in [-0.25, -0.2) is 4.98 Å². The van der Waals surface area contributed by atoms with Gasteiger partial charge in [-0.15, -0.1) is 10.2 Å². The van der Waals surface area contributed by atoms with Crippen molar-refractivity contribution in [1.29, 1.82) is 0 Å². The summed E-state index contributed by atoms with van der Waals surface area (Å²) < 4.78 is 30.6. The van der Waals surface area contributed by atoms with Crippen LogP contribution in [0.4, 0.5) is 8.78 Å². The molecule has 0 aliphatic heterocycles. The smallest absolute Gasteiger partial charge is 0.297 e. The number of nitrogens with zero attached hydrogens (tertiary/aromatic N) is 5. The van der Waals surface area contributed by atoms with Gasteiger partial charge >= 0.3 is 6.55 Å². The van der Waals surface area contributed by atoms with Crippen molar-refractivity contribution in [1.82, 2.24) is 24.3 Å². The van der Waals surface area contributed by atoms with Gasteiger partial charge in [-0.3, -0.25) is 9.13 Å². The zero-order chi connectivity index (χ0) is 22.8. The molecular formula is C24H18ClF2N5S. The van der Waals surface area contributed by atoms with Crippen LogP contribution in [-0.2, 0) is 12.3 Å². The number of rotatable bonds is 7. The number of thioether (sulfide) groups is 1. The van der Waals surface area contributed by atoms with Crippen molar-refractivity contribution in [3.05, 3.63) is 95.3 Å². The zero-order valence-corrected chi connectivity index (χ0v) is 18.8. The van der Waals surface area contributed by atoms with Crippen LogP contribution in [0.25, 0.3) is 22.4 Å². The molecule has 0 spiro atoms. The first kappa shape index (κ1) is 21.6. The van der Waals surface area contributed by atoms with E-state index in [9.17, 15) is 8.78 Å². The summed E-state index contributed by atoms with van der Waals surface area (Å²) in [5.41, 5.74) is 2.77. The number of fused-ring (bicyclic) bond motifs is 1. The van der Waals surface area contributed by atoms with Crippen LogP contribution in [0.15, 0.2) is 84.0 Å². The molecule has 2 heterocycles. The molecule has 5 nitrogen and oxygen atoms in total. The van der Waals surface area contributed by atoms with E-state index in [1.54, 1.807) is 30.3 Å². The molecule has 0 aliphatic carbocycles. The Kier molecular flexibility index (Phi) is 6.11. The minimum Gasteiger partial charge on any atom is -0.297 e. The zero-order valence-electron chi connectivity index (χ0n) is 17.3. The van der Waals surface area contributed by atoms with E-state index in [2.05, 4.69) is 15.2 Å². The van der Waals surface area contributed by atoms with Crippen molar-refractivity contribution in [3.63, 3.8) is 0 Å². The molecule has 0 amide bonds. The van der Waals surface area contributed by atoms with E-state index in [4.69, 9.17) is 11.6 Å². The number of aromatic nitrogens is 5. The van der Waals surface area contributed by atoms with Crippen molar-refractivity contribution < 1.29 is 8.78 Å². The Morgan fingerprint density at radius 1 is 0.879 bits per heavy atom. The molecule has 0 aliphatic rings. The highest BCUT2D eigenvalue weighted by molar-refractivity contribution is 7.98. The quantitative estimate of drug-likeness (QED) is 0.243. The standard InChI is InChI=1S/C24H18ClF2N5S/c25-18-11-5-4-10-17(18)22-29-30-24(31(22)14-16-8-2-1-3-9-16)33-15-21-28-19-12-6-7-13-20(19)32(21)23(26)27/h1-13,23H,14-15H2. The van der Waals surface area contributed by atoms with Crippen LogP contribution in [-0.4, -0.2) is 24.3 Å². The number of benzene rings is 3. The summed E-state index contributed by atoms with van der Waals surface area (Å²) in [6, 6.07) is 24.2. The minimum atomic E-state index is -2.69. The lowest BCUT2D eigenvalue weighted by Crippen LogP contribution is -2.06. The highest BCUT2D eigenvalue weighted by Crippen LogP contribution is 2.32. The van der Waals surface area contributed by atoms with Gasteiger partial charge in [0, 0.05) is 5.56 Å². The van der Waals surface area contributed by atoms with Crippen molar-refractivity contribution in [2.24, 2.45) is 0 Å². The van der Waals surface area contributed by atoms with Crippen molar-refractivity contribution in [3.8, 4) is 11.4 Å². The molecule has 166 valence electrons. The Morgan fingerprint density at radius 3 is 2.39 bits per heavy atom. The van der Waals surface area contributed by atoms with Crippen LogP contribution in [0.5, 0.6) is 0 Å². The Hall–Kier alpha value is -3.23. The second-order valence-electron chi connectivity index (χ2n) is 7.31. The maximum atomic E-state index is 13.8. The first-order chi connectivity index (χ1) is 16.1. The summed E-state index contributed by atoms with van der Waals surface area (Å²) in [7, 11) is 0. The molecule has 33 heavy (non-hydrogen) atoms. The van der Waals surface area contributed by atoms with Crippen LogP contribution >= 0.6 is 23.4 Å². The number of hydrogen-bond donors (Lipinski definition) is 0. The number of imidazole rings is 1. The Bertz CT molecular complexity index is 1400. The number of alkyl halides is 2. The van der Waals surface area contributed by atoms with E-state index in [-0.39, 0.29) is 11.6 Å². The third-order valence-electron chi connectivity index (χ3n) is 5.21. The topological polar surface area (TPSA) is 48.5 Å². The van der Waals surface area contributed by atoms with Gasteiger partial charge in [0.05, 0.1) is 28.4 Å². The largest absolute Gasteiger partial charge is 0.320 e. The van der Waals surface area contributed by atoms with E-state index in [0.717, 1.165) is 15.7 Å². The third-order valence-corrected chi connectivity index (χ3v) is 6.50. The molecule has 0 N–H and O–H groups in total. The Morgan fingerprint density at radius 2 is 1.61 bits per heavy atom. The first-order valence-corrected chi connectivity index (χ1v) is 11.6. The highest BCUT2D eigenvalue weighted by Gasteiger charge is 2.21. The average molecular weight is 482 g/mol. The Balaban J connectivity index is 1.52. The molecular weight excluding hydrogens is 464 g/mol. The maximum Gasteiger partial charge on any atom is 0.320 e. The van der Waals surface area contributed by atoms with E-state index < -0.39 is 6.55 Å². The van der Waals surface area contributed by atoms with Crippen LogP contribution in [0.3, 0.4) is 0 Å². The number of halogens is 3. The normalized spacial score (nSPS) is 11.5. The second-order valence-corrected chi connectivity index (χ2v) is 8.66. The summed E-state index contributed by atoms with van der Waals surface area (Å²) in [6.45, 7) is -2.17. The first-order valence-electron chi connectivity index (χ1n) is 10.2. The molecule has 0 saturated carbocycles. The summed E-state index contributed by atoms with van der Waals surface area (Å²) >= 11 is 7.75. The van der Waals surface area contributed by atoms with Gasteiger partial charge in [-0.1, -0.05) is 78.0 Å². The number of para-hydroxylation sites is 2. The van der Waals surface area contributed by atoms with Gasteiger partial charge in [0.1, 0.15) is 5.82 Å². The lowest BCUT2D eigenvalue weighted by Gasteiger charge is -2.12. The van der Waals surface area contributed by atoms with Crippen molar-refractivity contribution in [2.45, 2.75) is 24.0 Å². The minimum absolute atomic E-state index is 0.217. The van der Waals surface area contributed by atoms with Gasteiger partial charge in [-0.05, 0) is 29.8 Å². The molecule has 0 fully saturated rings. The monoisotopic (exact) mass is 481 g/mol. The van der Waals surface area contributed by atoms with E-state index in [1.807, 2.05) is 53.1 Å². The number of hydrogen-bond acceptors (Lipinski definition) is 4. The maximum absolute atomic E-state index is 13.8. The van der Waals surface area contributed by atoms with Crippen LogP contribution in [0, 0.1) is 0 Å². The van der Waals surface area contributed by atoms with Gasteiger partial charge in [0.2, 0.25) is 0 Å². The molecule has 0 unspecified atom stereocenters. The summed E-state index contributed by atoms with van der Waals surface area (Å²) in [5, 5.41) is 9.92. The fourth-order valence-corrected chi connectivity index (χ4v) is 4.78. The average Bonchev–Trinajstić information content (AvgIpc) is 3.39. The molecule has 3 aromatic carbocycles. The summed E-state index contributed by atoms with van der Waals surface area (Å²) in [6.07, 6.45) is 0. The van der Waals surface area contributed by atoms with Gasteiger partial charge in [0.25, 0.3) is 0 Å². The van der Waals surface area contributed by atoms with Crippen molar-refractivity contribution >= 4 is 34.4 Å².